The van der Waals surface area contributed by atoms with Gasteiger partial charge in [-0.05, 0) is 63.8 Å². The highest BCUT2D eigenvalue weighted by Gasteiger charge is 2.30. The topological polar surface area (TPSA) is 114 Å². The fourth-order valence-electron chi connectivity index (χ4n) is 6.35. The average Bonchev–Trinajstić information content (AvgIpc) is 3.54. The first kappa shape index (κ1) is 29.0. The predicted octanol–water partition coefficient (Wildman–Crippen LogP) is 6.69. The first-order valence-corrected chi connectivity index (χ1v) is 14.9. The maximum absolute atomic E-state index is 12.6. The molecule has 44 heavy (non-hydrogen) atoms. The summed E-state index contributed by atoms with van der Waals surface area (Å²) in [4.78, 5) is 36.8. The Kier molecular flexibility index (Phi) is 8.59. The molecule has 0 aliphatic heterocycles. The third-order valence-corrected chi connectivity index (χ3v) is 8.47. The number of fused-ring (bicyclic) bond motifs is 6. The van der Waals surface area contributed by atoms with Crippen LogP contribution in [0.4, 0.5) is 9.59 Å². The van der Waals surface area contributed by atoms with Crippen molar-refractivity contribution in [2.24, 2.45) is 0 Å². The summed E-state index contributed by atoms with van der Waals surface area (Å²) in [6.45, 7) is 0.662. The number of ether oxygens (including phenoxy) is 2. The Balaban J connectivity index is 0.925. The lowest BCUT2D eigenvalue weighted by Crippen LogP contribution is -2.41. The quantitative estimate of drug-likeness (QED) is 0.168. The summed E-state index contributed by atoms with van der Waals surface area (Å²) in [6, 6.07) is 31.2. The molecular formula is C36H34N2O6. The number of alkyl carbamates (subject to hydrolysis) is 2. The molecule has 0 saturated heterocycles. The smallest absolute Gasteiger partial charge is 0.407 e. The molecule has 2 aliphatic carbocycles. The Hall–Kier alpha value is -5.11. The van der Waals surface area contributed by atoms with Crippen molar-refractivity contribution in [3.63, 3.8) is 0 Å². The second kappa shape index (κ2) is 13.0. The van der Waals surface area contributed by atoms with Gasteiger partial charge in [0.15, 0.2) is 0 Å². The lowest BCUT2D eigenvalue weighted by Gasteiger charge is -2.17. The Labute approximate surface area is 256 Å². The number of rotatable bonds is 11. The Morgan fingerprint density at radius 1 is 0.614 bits per heavy atom. The van der Waals surface area contributed by atoms with Gasteiger partial charge in [-0.1, -0.05) is 97.1 Å². The molecule has 0 saturated carbocycles. The van der Waals surface area contributed by atoms with Gasteiger partial charge in [0.25, 0.3) is 0 Å². The molecule has 1 unspecified atom stereocenters. The number of carbonyl (C=O) groups is 3. The zero-order chi connectivity index (χ0) is 30.5. The molecule has 0 heterocycles. The van der Waals surface area contributed by atoms with Crippen molar-refractivity contribution in [3.05, 3.63) is 119 Å². The minimum atomic E-state index is -1.14. The Morgan fingerprint density at radius 2 is 1.02 bits per heavy atom. The fraction of sp³-hybridized carbons (Fsp3) is 0.250. The van der Waals surface area contributed by atoms with E-state index in [-0.39, 0.29) is 31.5 Å². The van der Waals surface area contributed by atoms with E-state index >= 15 is 0 Å². The van der Waals surface area contributed by atoms with Crippen molar-refractivity contribution in [3.8, 4) is 22.3 Å². The largest absolute Gasteiger partial charge is 0.480 e. The molecule has 3 N–H and O–H groups in total. The van der Waals surface area contributed by atoms with Crippen molar-refractivity contribution in [1.82, 2.24) is 10.6 Å². The number of carboxylic acids is 1. The van der Waals surface area contributed by atoms with Crippen LogP contribution in [0.15, 0.2) is 97.1 Å². The number of unbranched alkanes of at least 4 members (excludes halogenated alkanes) is 1. The fourth-order valence-corrected chi connectivity index (χ4v) is 6.35. The van der Waals surface area contributed by atoms with Gasteiger partial charge in [-0.25, -0.2) is 14.4 Å². The van der Waals surface area contributed by atoms with Gasteiger partial charge >= 0.3 is 18.2 Å². The summed E-state index contributed by atoms with van der Waals surface area (Å²) in [5.74, 6) is -1.27. The lowest BCUT2D eigenvalue weighted by molar-refractivity contribution is -0.139. The number of hydrogen-bond donors (Lipinski definition) is 3. The third kappa shape index (κ3) is 6.01. The number of amides is 2. The van der Waals surface area contributed by atoms with Crippen LogP contribution < -0.4 is 10.6 Å². The van der Waals surface area contributed by atoms with Gasteiger partial charge in [0.05, 0.1) is 0 Å². The predicted molar refractivity (Wildman–Crippen MR) is 167 cm³/mol. The molecule has 6 rings (SSSR count). The minimum Gasteiger partial charge on any atom is -0.480 e. The molecule has 0 bridgehead atoms. The molecule has 1 atom stereocenters. The molecule has 4 aromatic rings. The Morgan fingerprint density at radius 3 is 1.45 bits per heavy atom. The maximum Gasteiger partial charge on any atom is 0.407 e. The van der Waals surface area contributed by atoms with Crippen molar-refractivity contribution >= 4 is 18.2 Å². The maximum atomic E-state index is 12.6. The van der Waals surface area contributed by atoms with Gasteiger partial charge in [-0.3, -0.25) is 0 Å². The van der Waals surface area contributed by atoms with Crippen LogP contribution in [-0.2, 0) is 14.3 Å². The molecule has 8 nitrogen and oxygen atoms in total. The van der Waals surface area contributed by atoms with E-state index in [1.54, 1.807) is 0 Å². The third-order valence-electron chi connectivity index (χ3n) is 8.47. The van der Waals surface area contributed by atoms with Crippen LogP contribution in [0.5, 0.6) is 0 Å². The zero-order valence-corrected chi connectivity index (χ0v) is 24.2. The van der Waals surface area contributed by atoms with E-state index in [9.17, 15) is 19.5 Å². The summed E-state index contributed by atoms with van der Waals surface area (Å²) in [6.07, 6.45) is -0.0780. The average molecular weight is 591 g/mol. The summed E-state index contributed by atoms with van der Waals surface area (Å²) in [7, 11) is 0. The number of benzene rings is 4. The van der Waals surface area contributed by atoms with Crippen molar-refractivity contribution < 1.29 is 29.0 Å². The second-order valence-electron chi connectivity index (χ2n) is 11.1. The van der Waals surface area contributed by atoms with Crippen molar-refractivity contribution in [1.29, 1.82) is 0 Å². The highest BCUT2D eigenvalue weighted by molar-refractivity contribution is 5.81. The molecule has 0 aromatic heterocycles. The van der Waals surface area contributed by atoms with Crippen LogP contribution in [0.3, 0.4) is 0 Å². The molecular weight excluding hydrogens is 556 g/mol. The first-order valence-electron chi connectivity index (χ1n) is 14.9. The van der Waals surface area contributed by atoms with Crippen molar-refractivity contribution in [2.45, 2.75) is 37.1 Å². The normalized spacial score (nSPS) is 13.6. The van der Waals surface area contributed by atoms with Crippen LogP contribution in [0.25, 0.3) is 22.3 Å². The number of aliphatic carboxylic acids is 1. The van der Waals surface area contributed by atoms with Crippen LogP contribution in [0.2, 0.25) is 0 Å². The lowest BCUT2D eigenvalue weighted by atomic mass is 9.98. The first-order chi connectivity index (χ1) is 21.5. The van der Waals surface area contributed by atoms with E-state index in [2.05, 4.69) is 47.0 Å². The molecule has 0 fully saturated rings. The number of carboxylic acid groups (broad SMARTS) is 1. The van der Waals surface area contributed by atoms with Gasteiger partial charge in [-0.15, -0.1) is 0 Å². The van der Waals surface area contributed by atoms with Gasteiger partial charge in [0.2, 0.25) is 0 Å². The molecule has 0 radical (unpaired) electrons. The molecule has 0 spiro atoms. The van der Waals surface area contributed by atoms with Crippen LogP contribution >= 0.6 is 0 Å². The molecule has 2 amide bonds. The second-order valence-corrected chi connectivity index (χ2v) is 11.1. The highest BCUT2D eigenvalue weighted by atomic mass is 16.6. The summed E-state index contributed by atoms with van der Waals surface area (Å²) >= 11 is 0. The number of hydrogen-bond acceptors (Lipinski definition) is 5. The van der Waals surface area contributed by atoms with Crippen LogP contribution in [0.1, 0.15) is 53.4 Å². The summed E-state index contributed by atoms with van der Waals surface area (Å²) in [5, 5.41) is 14.9. The SMILES string of the molecule is O=C(NCCCCC(NC(=O)OCC1c2ccccc2-c2ccccc21)C(=O)O)OCC1c2ccccc2-c2ccccc21. The van der Waals surface area contributed by atoms with E-state index in [0.29, 0.717) is 19.4 Å². The van der Waals surface area contributed by atoms with Crippen LogP contribution in [-0.4, -0.2) is 49.1 Å². The number of carbonyl (C=O) groups excluding carboxylic acids is 2. The van der Waals surface area contributed by atoms with E-state index in [0.717, 1.165) is 44.5 Å². The van der Waals surface area contributed by atoms with Gasteiger partial charge in [-0.2, -0.15) is 0 Å². The van der Waals surface area contributed by atoms with Gasteiger partial charge < -0.3 is 25.2 Å². The Bertz CT molecular complexity index is 1590. The molecule has 8 heteroatoms. The summed E-state index contributed by atoms with van der Waals surface area (Å²) in [5.41, 5.74) is 9.02. The molecule has 224 valence electrons. The zero-order valence-electron chi connectivity index (χ0n) is 24.2. The monoisotopic (exact) mass is 590 g/mol. The van der Waals surface area contributed by atoms with E-state index in [4.69, 9.17) is 9.47 Å². The molecule has 2 aliphatic rings. The van der Waals surface area contributed by atoms with E-state index in [1.165, 1.54) is 0 Å². The van der Waals surface area contributed by atoms with Crippen molar-refractivity contribution in [2.75, 3.05) is 19.8 Å². The van der Waals surface area contributed by atoms with E-state index in [1.807, 2.05) is 60.7 Å². The van der Waals surface area contributed by atoms with Gasteiger partial charge in [0.1, 0.15) is 19.3 Å². The van der Waals surface area contributed by atoms with Crippen LogP contribution in [0, 0.1) is 0 Å². The number of nitrogens with one attached hydrogen (secondary N) is 2. The van der Waals surface area contributed by atoms with Gasteiger partial charge in [0, 0.05) is 18.4 Å². The molecule has 4 aromatic carbocycles. The standard InChI is InChI=1S/C36H34N2O6/c39-34(40)33(38-36(42)44-22-32-29-17-7-3-13-25(29)26-14-4-8-18-30(26)32)19-9-10-20-37-35(41)43-21-31-27-15-5-1-11-23(27)24-12-2-6-16-28(24)31/h1-8,11-18,31-33H,9-10,19-22H2,(H,37,41)(H,38,42)(H,39,40). The minimum absolute atomic E-state index is 0.0199. The summed E-state index contributed by atoms with van der Waals surface area (Å²) < 4.78 is 11.1. The van der Waals surface area contributed by atoms with E-state index < -0.39 is 24.2 Å². The highest BCUT2D eigenvalue weighted by Crippen LogP contribution is 2.45.